The molecule has 0 radical (unpaired) electrons. The van der Waals surface area contributed by atoms with Gasteiger partial charge >= 0.3 is 5.97 Å². The van der Waals surface area contributed by atoms with Crippen LogP contribution in [0.4, 0.5) is 11.4 Å². The number of carbonyl (C=O) groups is 1. The number of carboxylic acid groups (broad SMARTS) is 1. The van der Waals surface area contributed by atoms with Crippen LogP contribution in [0.1, 0.15) is 30.9 Å². The smallest absolute Gasteiger partial charge is 0.334 e. The highest BCUT2D eigenvalue weighted by Crippen LogP contribution is 2.43. The van der Waals surface area contributed by atoms with Gasteiger partial charge < -0.3 is 29.9 Å². The summed E-state index contributed by atoms with van der Waals surface area (Å²) in [7, 11) is 1.53. The summed E-state index contributed by atoms with van der Waals surface area (Å²) in [4.78, 5) is 38.9. The number of methoxy groups -OCH3 is 1. The highest BCUT2D eigenvalue weighted by molar-refractivity contribution is 5.93. The van der Waals surface area contributed by atoms with Crippen molar-refractivity contribution in [2.45, 2.75) is 32.4 Å². The quantitative estimate of drug-likeness (QED) is 0.154. The summed E-state index contributed by atoms with van der Waals surface area (Å²) in [6, 6.07) is 12.8. The Morgan fingerprint density at radius 1 is 1.21 bits per heavy atom. The van der Waals surface area contributed by atoms with Crippen molar-refractivity contribution in [3.63, 3.8) is 0 Å². The van der Waals surface area contributed by atoms with E-state index >= 15 is 0 Å². The molecule has 0 bridgehead atoms. The number of anilines is 1. The molecule has 0 aliphatic carbocycles. The summed E-state index contributed by atoms with van der Waals surface area (Å²) in [5.74, 6) is -1.20. The number of aliphatic hydroxyl groups is 1. The summed E-state index contributed by atoms with van der Waals surface area (Å²) < 4.78 is 12.1. The Bertz CT molecular complexity index is 1550. The van der Waals surface area contributed by atoms with E-state index in [1.165, 1.54) is 36.2 Å². The summed E-state index contributed by atoms with van der Waals surface area (Å²) in [5, 5.41) is 39.4. The predicted molar refractivity (Wildman–Crippen MR) is 154 cm³/mol. The van der Waals surface area contributed by atoms with E-state index in [2.05, 4.69) is 10.4 Å². The molecular formula is C29H33N5O8. The van der Waals surface area contributed by atoms with Gasteiger partial charge in [-0.15, -0.1) is 0 Å². The standard InChI is InChI=1S/C29H33N5O8/c1-4-32-18(2)25(29(37)38)26(19-8-7-9-20(14-19)34(39)40)27-22(32)16-31-33(28(27)36)13-12-30-15-21(35)17-42-24-11-6-5-10-23(24)41-3/h5-11,14,16,21,26,30,35H,4,12-13,15,17H2,1-3H3,(H,37,38). The maximum atomic E-state index is 13.8. The van der Waals surface area contributed by atoms with E-state index in [1.54, 1.807) is 36.1 Å². The minimum Gasteiger partial charge on any atom is -0.493 e. The SMILES string of the molecule is CCN1C(C)=C(C(=O)O)C(c2cccc([N+](=O)[O-])c2)c2c1cnn(CCNCC(O)COc1ccccc1OC)c2=O. The van der Waals surface area contributed by atoms with Gasteiger partial charge in [0.15, 0.2) is 11.5 Å². The third-order valence-corrected chi connectivity index (χ3v) is 7.06. The van der Waals surface area contributed by atoms with E-state index in [-0.39, 0.29) is 43.1 Å². The number of fused-ring (bicyclic) bond motifs is 1. The molecule has 2 atom stereocenters. The van der Waals surface area contributed by atoms with E-state index in [0.717, 1.165) is 0 Å². The van der Waals surface area contributed by atoms with Crippen molar-refractivity contribution in [3.8, 4) is 11.5 Å². The largest absolute Gasteiger partial charge is 0.493 e. The number of nitrogens with one attached hydrogen (secondary N) is 1. The van der Waals surface area contributed by atoms with Gasteiger partial charge in [0, 0.05) is 37.5 Å². The molecule has 0 spiro atoms. The third kappa shape index (κ3) is 6.26. The maximum absolute atomic E-state index is 13.8. The highest BCUT2D eigenvalue weighted by atomic mass is 16.6. The Morgan fingerprint density at radius 2 is 1.95 bits per heavy atom. The number of benzene rings is 2. The molecule has 222 valence electrons. The van der Waals surface area contributed by atoms with Crippen LogP contribution in [0, 0.1) is 10.1 Å². The zero-order valence-corrected chi connectivity index (χ0v) is 23.5. The van der Waals surface area contributed by atoms with Crippen LogP contribution in [0.25, 0.3) is 0 Å². The summed E-state index contributed by atoms with van der Waals surface area (Å²) in [6.07, 6.45) is 0.675. The molecule has 42 heavy (non-hydrogen) atoms. The molecule has 2 unspecified atom stereocenters. The first-order valence-corrected chi connectivity index (χ1v) is 13.4. The Labute approximate surface area is 241 Å². The second kappa shape index (κ2) is 13.3. The number of nitrogens with zero attached hydrogens (tertiary/aromatic N) is 4. The molecule has 1 aliphatic heterocycles. The van der Waals surface area contributed by atoms with Gasteiger partial charge in [0.05, 0.1) is 47.5 Å². The predicted octanol–water partition coefficient (Wildman–Crippen LogP) is 2.52. The van der Waals surface area contributed by atoms with Crippen LogP contribution in [0.3, 0.4) is 0 Å². The molecule has 2 aromatic carbocycles. The highest BCUT2D eigenvalue weighted by Gasteiger charge is 2.38. The molecule has 3 aromatic rings. The number of para-hydroxylation sites is 2. The van der Waals surface area contributed by atoms with Gasteiger partial charge in [0.1, 0.15) is 12.7 Å². The molecule has 0 fully saturated rings. The van der Waals surface area contributed by atoms with Gasteiger partial charge in [-0.25, -0.2) is 9.48 Å². The molecule has 2 heterocycles. The fraction of sp³-hybridized carbons (Fsp3) is 0.345. The molecule has 1 aromatic heterocycles. The van der Waals surface area contributed by atoms with Crippen LogP contribution >= 0.6 is 0 Å². The second-order valence-corrected chi connectivity index (χ2v) is 9.63. The monoisotopic (exact) mass is 579 g/mol. The molecule has 1 aliphatic rings. The minimum absolute atomic E-state index is 0.0197. The van der Waals surface area contributed by atoms with Crippen molar-refractivity contribution in [1.29, 1.82) is 0 Å². The summed E-state index contributed by atoms with van der Waals surface area (Å²) >= 11 is 0. The van der Waals surface area contributed by atoms with Gasteiger partial charge in [-0.2, -0.15) is 5.10 Å². The van der Waals surface area contributed by atoms with Crippen molar-refractivity contribution >= 4 is 17.3 Å². The molecule has 13 heteroatoms. The maximum Gasteiger partial charge on any atom is 0.334 e. The molecule has 3 N–H and O–H groups in total. The number of hydrogen-bond donors (Lipinski definition) is 3. The van der Waals surface area contributed by atoms with Gasteiger partial charge in [-0.3, -0.25) is 14.9 Å². The molecular weight excluding hydrogens is 546 g/mol. The van der Waals surface area contributed by atoms with E-state index < -0.39 is 28.5 Å². The fourth-order valence-electron chi connectivity index (χ4n) is 5.09. The van der Waals surface area contributed by atoms with Crippen molar-refractivity contribution in [2.24, 2.45) is 0 Å². The number of aromatic nitrogens is 2. The Morgan fingerprint density at radius 3 is 2.62 bits per heavy atom. The number of carboxylic acids is 1. The summed E-state index contributed by atoms with van der Waals surface area (Å²) in [6.45, 7) is 4.48. The van der Waals surface area contributed by atoms with Gasteiger partial charge in [0.25, 0.3) is 11.2 Å². The first kappa shape index (κ1) is 30.2. The van der Waals surface area contributed by atoms with Crippen LogP contribution in [-0.2, 0) is 11.3 Å². The lowest BCUT2D eigenvalue weighted by molar-refractivity contribution is -0.384. The molecule has 0 amide bonds. The lowest BCUT2D eigenvalue weighted by Crippen LogP contribution is -2.40. The van der Waals surface area contributed by atoms with Crippen molar-refractivity contribution in [2.75, 3.05) is 38.3 Å². The molecule has 13 nitrogen and oxygen atoms in total. The van der Waals surface area contributed by atoms with E-state index in [1.807, 2.05) is 13.0 Å². The number of hydrogen-bond acceptors (Lipinski definition) is 10. The number of nitro groups is 1. The number of aliphatic carboxylic acids is 1. The zero-order chi connectivity index (χ0) is 30.4. The lowest BCUT2D eigenvalue weighted by atomic mass is 9.80. The van der Waals surface area contributed by atoms with Crippen LogP contribution in [0.5, 0.6) is 11.5 Å². The average molecular weight is 580 g/mol. The Hall–Kier alpha value is -4.75. The van der Waals surface area contributed by atoms with Gasteiger partial charge in [-0.1, -0.05) is 24.3 Å². The first-order valence-electron chi connectivity index (χ1n) is 13.4. The number of nitro benzene ring substituents is 1. The number of allylic oxidation sites excluding steroid dienone is 1. The van der Waals surface area contributed by atoms with E-state index in [4.69, 9.17) is 9.47 Å². The minimum atomic E-state index is -1.22. The number of ether oxygens (including phenoxy) is 2. The number of non-ortho nitro benzene ring substituents is 1. The van der Waals surface area contributed by atoms with Crippen LogP contribution in [0.15, 0.2) is 70.8 Å². The fourth-order valence-corrected chi connectivity index (χ4v) is 5.09. The van der Waals surface area contributed by atoms with Gasteiger partial charge in [-0.05, 0) is 31.5 Å². The first-order chi connectivity index (χ1) is 20.2. The van der Waals surface area contributed by atoms with Crippen molar-refractivity contribution in [3.05, 3.63) is 97.6 Å². The van der Waals surface area contributed by atoms with Crippen molar-refractivity contribution in [1.82, 2.24) is 15.1 Å². The number of rotatable bonds is 13. The Kier molecular flexibility index (Phi) is 9.55. The summed E-state index contributed by atoms with van der Waals surface area (Å²) in [5.41, 5.74) is 0.644. The average Bonchev–Trinajstić information content (AvgIpc) is 2.98. The zero-order valence-electron chi connectivity index (χ0n) is 23.5. The topological polar surface area (TPSA) is 169 Å². The van der Waals surface area contributed by atoms with Gasteiger partial charge in [0.2, 0.25) is 0 Å². The Balaban J connectivity index is 1.55. The molecule has 4 rings (SSSR count). The number of aliphatic hydroxyl groups excluding tert-OH is 1. The lowest BCUT2D eigenvalue weighted by Gasteiger charge is -2.36. The van der Waals surface area contributed by atoms with Crippen LogP contribution in [0.2, 0.25) is 0 Å². The van der Waals surface area contributed by atoms with E-state index in [0.29, 0.717) is 35.0 Å². The van der Waals surface area contributed by atoms with E-state index in [9.17, 15) is 29.9 Å². The molecule has 0 saturated heterocycles. The molecule has 0 saturated carbocycles. The normalized spacial score (nSPS) is 15.2. The van der Waals surface area contributed by atoms with Crippen LogP contribution < -0.4 is 25.2 Å². The van der Waals surface area contributed by atoms with Crippen LogP contribution in [-0.4, -0.2) is 70.3 Å². The van der Waals surface area contributed by atoms with Crippen molar-refractivity contribution < 1.29 is 29.4 Å². The third-order valence-electron chi connectivity index (χ3n) is 7.06. The second-order valence-electron chi connectivity index (χ2n) is 9.63.